The van der Waals surface area contributed by atoms with Crippen molar-refractivity contribution < 1.29 is 9.53 Å². The van der Waals surface area contributed by atoms with Crippen LogP contribution in [-0.2, 0) is 11.2 Å². The third-order valence-corrected chi connectivity index (χ3v) is 2.47. The minimum absolute atomic E-state index is 0.134. The SMILES string of the molecule is COC(C)Cc1ccc(C=O)cc1Cl. The molecule has 0 aromatic heterocycles. The van der Waals surface area contributed by atoms with Gasteiger partial charge in [0, 0.05) is 17.7 Å². The summed E-state index contributed by atoms with van der Waals surface area (Å²) < 4.78 is 5.14. The standard InChI is InChI=1S/C11H13ClO2/c1-8(14-2)5-10-4-3-9(7-13)6-11(10)12/h3-4,6-8H,5H2,1-2H3. The van der Waals surface area contributed by atoms with Gasteiger partial charge in [0.2, 0.25) is 0 Å². The fraction of sp³-hybridized carbons (Fsp3) is 0.364. The number of hydrogen-bond acceptors (Lipinski definition) is 2. The average Bonchev–Trinajstić information content (AvgIpc) is 2.20. The number of benzene rings is 1. The quantitative estimate of drug-likeness (QED) is 0.718. The molecule has 0 saturated carbocycles. The molecule has 2 nitrogen and oxygen atoms in total. The van der Waals surface area contributed by atoms with Crippen molar-refractivity contribution in [2.24, 2.45) is 0 Å². The van der Waals surface area contributed by atoms with Gasteiger partial charge in [-0.05, 0) is 25.0 Å². The summed E-state index contributed by atoms with van der Waals surface area (Å²) in [6.45, 7) is 1.98. The third kappa shape index (κ3) is 2.82. The van der Waals surface area contributed by atoms with Gasteiger partial charge in [-0.25, -0.2) is 0 Å². The molecule has 1 aromatic carbocycles. The van der Waals surface area contributed by atoms with Crippen LogP contribution in [-0.4, -0.2) is 19.5 Å². The predicted octanol–water partition coefficient (Wildman–Crippen LogP) is 2.73. The molecule has 0 N–H and O–H groups in total. The highest BCUT2D eigenvalue weighted by atomic mass is 35.5. The number of carbonyl (C=O) groups is 1. The molecule has 0 heterocycles. The Morgan fingerprint density at radius 3 is 2.79 bits per heavy atom. The molecule has 0 radical (unpaired) electrons. The zero-order valence-electron chi connectivity index (χ0n) is 8.29. The smallest absolute Gasteiger partial charge is 0.150 e. The molecular weight excluding hydrogens is 200 g/mol. The molecule has 3 heteroatoms. The number of halogens is 1. The highest BCUT2D eigenvalue weighted by Gasteiger charge is 2.06. The lowest BCUT2D eigenvalue weighted by molar-refractivity contribution is 0.112. The number of hydrogen-bond donors (Lipinski definition) is 0. The van der Waals surface area contributed by atoms with Gasteiger partial charge in [0.05, 0.1) is 6.10 Å². The van der Waals surface area contributed by atoms with Crippen LogP contribution >= 0.6 is 11.6 Å². The summed E-state index contributed by atoms with van der Waals surface area (Å²) in [6, 6.07) is 5.30. The van der Waals surface area contributed by atoms with E-state index in [0.717, 1.165) is 18.3 Å². The molecule has 0 bridgehead atoms. The second-order valence-electron chi connectivity index (χ2n) is 3.22. The summed E-state index contributed by atoms with van der Waals surface area (Å²) >= 11 is 5.99. The topological polar surface area (TPSA) is 26.3 Å². The fourth-order valence-electron chi connectivity index (χ4n) is 1.20. The van der Waals surface area contributed by atoms with Crippen LogP contribution in [0.15, 0.2) is 18.2 Å². The van der Waals surface area contributed by atoms with Gasteiger partial charge in [0.15, 0.2) is 0 Å². The second-order valence-corrected chi connectivity index (χ2v) is 3.63. The maximum Gasteiger partial charge on any atom is 0.150 e. The monoisotopic (exact) mass is 212 g/mol. The lowest BCUT2D eigenvalue weighted by Gasteiger charge is -2.10. The van der Waals surface area contributed by atoms with Gasteiger partial charge >= 0.3 is 0 Å². The molecule has 0 aliphatic heterocycles. The van der Waals surface area contributed by atoms with Crippen LogP contribution in [0.3, 0.4) is 0 Å². The van der Waals surface area contributed by atoms with Crippen molar-refractivity contribution in [3.8, 4) is 0 Å². The van der Waals surface area contributed by atoms with E-state index in [1.54, 1.807) is 19.2 Å². The molecule has 14 heavy (non-hydrogen) atoms. The van der Waals surface area contributed by atoms with E-state index in [1.165, 1.54) is 0 Å². The Hall–Kier alpha value is -0.860. The van der Waals surface area contributed by atoms with Gasteiger partial charge < -0.3 is 4.74 Å². The zero-order chi connectivity index (χ0) is 10.6. The summed E-state index contributed by atoms with van der Waals surface area (Å²) in [5.41, 5.74) is 1.61. The van der Waals surface area contributed by atoms with Gasteiger partial charge in [0.1, 0.15) is 6.29 Å². The normalized spacial score (nSPS) is 12.5. The molecule has 0 aliphatic rings. The Bertz CT molecular complexity index is 323. The minimum atomic E-state index is 0.134. The van der Waals surface area contributed by atoms with Gasteiger partial charge in [-0.15, -0.1) is 0 Å². The maximum atomic E-state index is 10.5. The van der Waals surface area contributed by atoms with Gasteiger partial charge in [-0.1, -0.05) is 23.7 Å². The molecule has 1 rings (SSSR count). The molecule has 0 aliphatic carbocycles. The Morgan fingerprint density at radius 2 is 2.29 bits per heavy atom. The largest absolute Gasteiger partial charge is 0.381 e. The first-order valence-corrected chi connectivity index (χ1v) is 4.81. The van der Waals surface area contributed by atoms with E-state index < -0.39 is 0 Å². The average molecular weight is 213 g/mol. The summed E-state index contributed by atoms with van der Waals surface area (Å²) in [4.78, 5) is 10.5. The van der Waals surface area contributed by atoms with Gasteiger partial charge in [0.25, 0.3) is 0 Å². The number of rotatable bonds is 4. The lowest BCUT2D eigenvalue weighted by atomic mass is 10.1. The summed E-state index contributed by atoms with van der Waals surface area (Å²) in [7, 11) is 1.67. The first-order valence-electron chi connectivity index (χ1n) is 4.43. The van der Waals surface area contributed by atoms with Crippen LogP contribution in [0, 0.1) is 0 Å². The number of carbonyl (C=O) groups excluding carboxylic acids is 1. The lowest BCUT2D eigenvalue weighted by Crippen LogP contribution is -2.08. The highest BCUT2D eigenvalue weighted by molar-refractivity contribution is 6.31. The van der Waals surface area contributed by atoms with E-state index in [9.17, 15) is 4.79 Å². The molecule has 0 fully saturated rings. The van der Waals surface area contributed by atoms with Crippen molar-refractivity contribution in [2.45, 2.75) is 19.4 Å². The van der Waals surface area contributed by atoms with Crippen molar-refractivity contribution in [3.05, 3.63) is 34.3 Å². The molecule has 1 atom stereocenters. The van der Waals surface area contributed by atoms with Crippen molar-refractivity contribution in [2.75, 3.05) is 7.11 Å². The zero-order valence-corrected chi connectivity index (χ0v) is 9.04. The van der Waals surface area contributed by atoms with Crippen molar-refractivity contribution in [3.63, 3.8) is 0 Å². The molecule has 1 unspecified atom stereocenters. The van der Waals surface area contributed by atoms with E-state index >= 15 is 0 Å². The first-order chi connectivity index (χ1) is 6.67. The molecule has 0 saturated heterocycles. The number of methoxy groups -OCH3 is 1. The van der Waals surface area contributed by atoms with Gasteiger partial charge in [-0.2, -0.15) is 0 Å². The van der Waals surface area contributed by atoms with Crippen LogP contribution in [0.2, 0.25) is 5.02 Å². The van der Waals surface area contributed by atoms with Gasteiger partial charge in [-0.3, -0.25) is 4.79 Å². The fourth-order valence-corrected chi connectivity index (χ4v) is 1.46. The second kappa shape index (κ2) is 5.13. The maximum absolute atomic E-state index is 10.5. The van der Waals surface area contributed by atoms with Crippen molar-refractivity contribution in [1.29, 1.82) is 0 Å². The first kappa shape index (κ1) is 11.2. The molecule has 76 valence electrons. The Labute approximate surface area is 88.8 Å². The van der Waals surface area contributed by atoms with E-state index in [2.05, 4.69) is 0 Å². The van der Waals surface area contributed by atoms with Crippen molar-refractivity contribution in [1.82, 2.24) is 0 Å². The number of ether oxygens (including phenoxy) is 1. The molecular formula is C11H13ClO2. The van der Waals surface area contributed by atoms with Crippen molar-refractivity contribution >= 4 is 17.9 Å². The molecule has 0 amide bonds. The van der Waals surface area contributed by atoms with Crippen LogP contribution in [0.4, 0.5) is 0 Å². The Balaban J connectivity index is 2.83. The number of aldehydes is 1. The van der Waals surface area contributed by atoms with Crippen LogP contribution in [0.1, 0.15) is 22.8 Å². The van der Waals surface area contributed by atoms with E-state index in [0.29, 0.717) is 10.6 Å². The van der Waals surface area contributed by atoms with Crippen LogP contribution in [0.5, 0.6) is 0 Å². The van der Waals surface area contributed by atoms with E-state index in [4.69, 9.17) is 16.3 Å². The predicted molar refractivity (Wildman–Crippen MR) is 57.0 cm³/mol. The van der Waals surface area contributed by atoms with E-state index in [1.807, 2.05) is 13.0 Å². The van der Waals surface area contributed by atoms with Crippen LogP contribution < -0.4 is 0 Å². The van der Waals surface area contributed by atoms with E-state index in [-0.39, 0.29) is 6.10 Å². The Kier molecular flexibility index (Phi) is 4.11. The Morgan fingerprint density at radius 1 is 1.57 bits per heavy atom. The summed E-state index contributed by atoms with van der Waals surface area (Å²) in [6.07, 6.45) is 1.68. The molecule has 0 spiro atoms. The summed E-state index contributed by atoms with van der Waals surface area (Å²) in [5.74, 6) is 0. The van der Waals surface area contributed by atoms with Crippen LogP contribution in [0.25, 0.3) is 0 Å². The minimum Gasteiger partial charge on any atom is -0.381 e. The third-order valence-electron chi connectivity index (χ3n) is 2.12. The molecule has 1 aromatic rings. The highest BCUT2D eigenvalue weighted by Crippen LogP contribution is 2.19. The summed E-state index contributed by atoms with van der Waals surface area (Å²) in [5, 5.41) is 0.624.